The molecule has 0 spiro atoms. The van der Waals surface area contributed by atoms with Gasteiger partial charge in [0.15, 0.2) is 5.82 Å². The lowest BCUT2D eigenvalue weighted by Crippen LogP contribution is -2.27. The van der Waals surface area contributed by atoms with Crippen molar-refractivity contribution >= 4 is 33.3 Å². The van der Waals surface area contributed by atoms with Crippen LogP contribution in [0.15, 0.2) is 16.7 Å². The number of nitrogens with two attached hydrogens (primary N) is 1. The highest BCUT2D eigenvalue weighted by Gasteiger charge is 2.30. The van der Waals surface area contributed by atoms with E-state index in [1.54, 1.807) is 12.3 Å². The third-order valence-corrected chi connectivity index (χ3v) is 2.66. The quantitative estimate of drug-likeness (QED) is 0.781. The molecule has 2 heterocycles. The molecule has 0 saturated carbocycles. The fraction of sp³-hybridized carbons (Fsp3) is 0.333. The number of nitrogens with zero attached hydrogens (tertiary/aromatic N) is 2. The van der Waals surface area contributed by atoms with Crippen molar-refractivity contribution in [1.82, 2.24) is 4.98 Å². The summed E-state index contributed by atoms with van der Waals surface area (Å²) >= 11 is 3.24. The van der Waals surface area contributed by atoms with Crippen molar-refractivity contribution in [2.75, 3.05) is 17.2 Å². The Balaban J connectivity index is 2.34. The lowest BCUT2D eigenvalue weighted by molar-refractivity contribution is -0.117. The van der Waals surface area contributed by atoms with Crippen LogP contribution in [0.4, 0.5) is 11.5 Å². The van der Waals surface area contributed by atoms with Crippen molar-refractivity contribution in [3.8, 4) is 0 Å². The molecule has 2 rings (SSSR count). The minimum Gasteiger partial charge on any atom is -0.396 e. The maximum absolute atomic E-state index is 11.5. The number of amides is 1. The number of hydrogen-bond donors (Lipinski definition) is 2. The van der Waals surface area contributed by atoms with Gasteiger partial charge in [-0.15, -0.1) is 0 Å². The Morgan fingerprint density at radius 2 is 2.40 bits per heavy atom. The summed E-state index contributed by atoms with van der Waals surface area (Å²) in [5.41, 5.74) is 6.16. The van der Waals surface area contributed by atoms with Gasteiger partial charge in [0.05, 0.1) is 24.8 Å². The summed E-state index contributed by atoms with van der Waals surface area (Å²) in [6.07, 6.45) is 1.09. The normalized spacial score (nSPS) is 21.1. The Labute approximate surface area is 95.0 Å². The standard InChI is InChI=1S/C9H10BrN3O2/c10-5-1-7(11)9(12-3-5)13-4-6(14)2-8(13)15/h1,3,6,14H,2,4,11H2. The molecule has 1 aromatic heterocycles. The van der Waals surface area contributed by atoms with Gasteiger partial charge in [0.25, 0.3) is 0 Å². The number of anilines is 2. The number of pyridine rings is 1. The second kappa shape index (κ2) is 3.79. The number of aliphatic hydroxyl groups excluding tert-OH is 1. The number of carbonyl (C=O) groups is 1. The molecule has 1 unspecified atom stereocenters. The summed E-state index contributed by atoms with van der Waals surface area (Å²) in [6.45, 7) is 0.262. The SMILES string of the molecule is Nc1cc(Br)cnc1N1CC(O)CC1=O. The van der Waals surface area contributed by atoms with Crippen molar-refractivity contribution < 1.29 is 9.90 Å². The largest absolute Gasteiger partial charge is 0.396 e. The van der Waals surface area contributed by atoms with Gasteiger partial charge < -0.3 is 10.8 Å². The van der Waals surface area contributed by atoms with Crippen LogP contribution in [-0.4, -0.2) is 28.6 Å². The Kier molecular flexibility index (Phi) is 2.62. The summed E-state index contributed by atoms with van der Waals surface area (Å²) < 4.78 is 0.760. The number of β-amino-alcohol motifs (C(OH)–C–C–N with tert-alkyl or cyclic N) is 1. The van der Waals surface area contributed by atoms with E-state index in [0.717, 1.165) is 4.47 Å². The van der Waals surface area contributed by atoms with E-state index in [1.807, 2.05) is 0 Å². The Bertz CT molecular complexity index is 410. The molecule has 0 bridgehead atoms. The molecule has 6 heteroatoms. The summed E-state index contributed by atoms with van der Waals surface area (Å²) in [6, 6.07) is 1.68. The average molecular weight is 272 g/mol. The van der Waals surface area contributed by atoms with Crippen LogP contribution in [0.5, 0.6) is 0 Å². The van der Waals surface area contributed by atoms with Gasteiger partial charge in [-0.1, -0.05) is 0 Å². The predicted molar refractivity (Wildman–Crippen MR) is 59.3 cm³/mol. The van der Waals surface area contributed by atoms with Gasteiger partial charge in [0.2, 0.25) is 5.91 Å². The molecule has 80 valence electrons. The molecule has 1 aliphatic heterocycles. The van der Waals surface area contributed by atoms with Crippen LogP contribution in [0.1, 0.15) is 6.42 Å². The van der Waals surface area contributed by atoms with Crippen molar-refractivity contribution in [3.63, 3.8) is 0 Å². The van der Waals surface area contributed by atoms with Gasteiger partial charge >= 0.3 is 0 Å². The smallest absolute Gasteiger partial charge is 0.230 e. The lowest BCUT2D eigenvalue weighted by Gasteiger charge is -2.16. The Morgan fingerprint density at radius 3 is 2.93 bits per heavy atom. The fourth-order valence-electron chi connectivity index (χ4n) is 1.57. The monoisotopic (exact) mass is 271 g/mol. The molecule has 0 radical (unpaired) electrons. The summed E-state index contributed by atoms with van der Waals surface area (Å²) in [4.78, 5) is 17.0. The van der Waals surface area contributed by atoms with E-state index >= 15 is 0 Å². The number of hydrogen-bond acceptors (Lipinski definition) is 4. The minimum atomic E-state index is -0.623. The van der Waals surface area contributed by atoms with Gasteiger partial charge in [-0.3, -0.25) is 9.69 Å². The fourth-order valence-corrected chi connectivity index (χ4v) is 1.92. The Hall–Kier alpha value is -1.14. The van der Waals surface area contributed by atoms with Gasteiger partial charge in [0.1, 0.15) is 0 Å². The second-order valence-electron chi connectivity index (χ2n) is 3.43. The Morgan fingerprint density at radius 1 is 1.67 bits per heavy atom. The third kappa shape index (κ3) is 1.95. The van der Waals surface area contributed by atoms with Gasteiger partial charge in [-0.05, 0) is 22.0 Å². The molecule has 1 atom stereocenters. The maximum Gasteiger partial charge on any atom is 0.230 e. The number of aromatic nitrogens is 1. The van der Waals surface area contributed by atoms with E-state index in [-0.39, 0.29) is 18.9 Å². The van der Waals surface area contributed by atoms with E-state index in [0.29, 0.717) is 11.5 Å². The number of rotatable bonds is 1. The van der Waals surface area contributed by atoms with E-state index < -0.39 is 6.10 Å². The van der Waals surface area contributed by atoms with Gasteiger partial charge in [0, 0.05) is 10.7 Å². The highest BCUT2D eigenvalue weighted by atomic mass is 79.9. The first kappa shape index (κ1) is 10.4. The lowest BCUT2D eigenvalue weighted by atomic mass is 10.3. The number of carbonyl (C=O) groups excluding carboxylic acids is 1. The minimum absolute atomic E-state index is 0.136. The zero-order valence-corrected chi connectivity index (χ0v) is 9.44. The van der Waals surface area contributed by atoms with E-state index in [2.05, 4.69) is 20.9 Å². The third-order valence-electron chi connectivity index (χ3n) is 2.22. The molecule has 1 amide bonds. The number of halogens is 1. The first-order chi connectivity index (χ1) is 7.08. The summed E-state index contributed by atoms with van der Waals surface area (Å²) in [5.74, 6) is 0.267. The number of aliphatic hydroxyl groups is 1. The first-order valence-electron chi connectivity index (χ1n) is 4.47. The van der Waals surface area contributed by atoms with Crippen molar-refractivity contribution in [3.05, 3.63) is 16.7 Å². The molecular weight excluding hydrogens is 262 g/mol. The van der Waals surface area contributed by atoms with Crippen LogP contribution in [0.3, 0.4) is 0 Å². The van der Waals surface area contributed by atoms with E-state index in [1.165, 1.54) is 4.90 Å². The molecule has 15 heavy (non-hydrogen) atoms. The van der Waals surface area contributed by atoms with Crippen LogP contribution in [0.2, 0.25) is 0 Å². The molecule has 1 aromatic rings. The van der Waals surface area contributed by atoms with Crippen LogP contribution in [0.25, 0.3) is 0 Å². The number of nitrogen functional groups attached to an aromatic ring is 1. The zero-order valence-electron chi connectivity index (χ0n) is 7.85. The molecule has 0 aromatic carbocycles. The van der Waals surface area contributed by atoms with Gasteiger partial charge in [-0.25, -0.2) is 4.98 Å². The second-order valence-corrected chi connectivity index (χ2v) is 4.34. The van der Waals surface area contributed by atoms with Crippen LogP contribution in [0, 0.1) is 0 Å². The molecule has 0 aliphatic carbocycles. The van der Waals surface area contributed by atoms with Crippen molar-refractivity contribution in [1.29, 1.82) is 0 Å². The van der Waals surface area contributed by atoms with Crippen molar-refractivity contribution in [2.45, 2.75) is 12.5 Å². The zero-order chi connectivity index (χ0) is 11.0. The van der Waals surface area contributed by atoms with Crippen molar-refractivity contribution in [2.24, 2.45) is 0 Å². The topological polar surface area (TPSA) is 79.4 Å². The maximum atomic E-state index is 11.5. The average Bonchev–Trinajstić information content (AvgIpc) is 2.45. The van der Waals surface area contributed by atoms with Crippen LogP contribution < -0.4 is 10.6 Å². The van der Waals surface area contributed by atoms with Crippen LogP contribution in [-0.2, 0) is 4.79 Å². The molecule has 1 saturated heterocycles. The van der Waals surface area contributed by atoms with Crippen LogP contribution >= 0.6 is 15.9 Å². The highest BCUT2D eigenvalue weighted by Crippen LogP contribution is 2.27. The van der Waals surface area contributed by atoms with E-state index in [4.69, 9.17) is 5.73 Å². The summed E-state index contributed by atoms with van der Waals surface area (Å²) in [7, 11) is 0. The molecule has 1 aliphatic rings. The first-order valence-corrected chi connectivity index (χ1v) is 5.26. The predicted octanol–water partition coefficient (Wildman–Crippen LogP) is 0.524. The summed E-state index contributed by atoms with van der Waals surface area (Å²) in [5, 5.41) is 9.34. The molecule has 1 fully saturated rings. The highest BCUT2D eigenvalue weighted by molar-refractivity contribution is 9.10. The van der Waals surface area contributed by atoms with Gasteiger partial charge in [-0.2, -0.15) is 0 Å². The molecular formula is C9H10BrN3O2. The van der Waals surface area contributed by atoms with E-state index in [9.17, 15) is 9.90 Å². The molecule has 5 nitrogen and oxygen atoms in total. The molecule has 3 N–H and O–H groups in total.